The van der Waals surface area contributed by atoms with Gasteiger partial charge in [0.1, 0.15) is 18.1 Å². The van der Waals surface area contributed by atoms with E-state index in [-0.39, 0.29) is 24.1 Å². The topological polar surface area (TPSA) is 57.0 Å². The van der Waals surface area contributed by atoms with Crippen LogP contribution in [0.1, 0.15) is 18.1 Å². The van der Waals surface area contributed by atoms with Gasteiger partial charge in [0.15, 0.2) is 0 Å². The molecule has 0 amide bonds. The molecule has 0 radical (unpaired) electrons. The second kappa shape index (κ2) is 4.58. The molecule has 2 heterocycles. The van der Waals surface area contributed by atoms with Gasteiger partial charge in [0, 0.05) is 13.0 Å². The Labute approximate surface area is 101 Å². The van der Waals surface area contributed by atoms with Crippen LogP contribution < -0.4 is 0 Å². The summed E-state index contributed by atoms with van der Waals surface area (Å²) < 4.78 is 42.9. The number of fused-ring (bicyclic) bond motifs is 1. The summed E-state index contributed by atoms with van der Waals surface area (Å²) in [5, 5.41) is 7.26. The first-order valence-electron chi connectivity index (χ1n) is 5.46. The second-order valence-corrected chi connectivity index (χ2v) is 4.19. The number of methoxy groups -OCH3 is 1. The smallest absolute Gasteiger partial charge is 0.396 e. The number of esters is 1. The van der Waals surface area contributed by atoms with Crippen LogP contribution in [-0.2, 0) is 28.9 Å². The standard InChI is InChI=1S/C10H12F3N3O2/c1-18-9(17)6-2-3-16-7(4-6)14-15-8(16)5-10(11,12)13/h6H,2-5H2,1H3/t6-/m1/s1. The Morgan fingerprint density at radius 1 is 1.50 bits per heavy atom. The zero-order chi connectivity index (χ0) is 13.3. The van der Waals surface area contributed by atoms with Crippen molar-refractivity contribution in [3.8, 4) is 0 Å². The molecule has 1 aliphatic heterocycles. The summed E-state index contributed by atoms with van der Waals surface area (Å²) in [6, 6.07) is 0. The highest BCUT2D eigenvalue weighted by Crippen LogP contribution is 2.25. The number of hydrogen-bond acceptors (Lipinski definition) is 4. The quantitative estimate of drug-likeness (QED) is 0.750. The van der Waals surface area contributed by atoms with Crippen LogP contribution in [0.2, 0.25) is 0 Å². The first-order valence-corrected chi connectivity index (χ1v) is 5.46. The first-order chi connectivity index (χ1) is 8.40. The van der Waals surface area contributed by atoms with Crippen molar-refractivity contribution in [2.75, 3.05) is 7.11 Å². The second-order valence-electron chi connectivity index (χ2n) is 4.19. The third kappa shape index (κ3) is 2.62. The Kier molecular flexibility index (Phi) is 3.27. The average molecular weight is 263 g/mol. The maximum atomic E-state index is 12.3. The third-order valence-corrected chi connectivity index (χ3v) is 2.93. The minimum Gasteiger partial charge on any atom is -0.469 e. The molecule has 1 aromatic heterocycles. The zero-order valence-electron chi connectivity index (χ0n) is 9.70. The van der Waals surface area contributed by atoms with E-state index in [1.165, 1.54) is 11.7 Å². The van der Waals surface area contributed by atoms with Crippen molar-refractivity contribution < 1.29 is 22.7 Å². The van der Waals surface area contributed by atoms with Crippen molar-refractivity contribution in [2.45, 2.75) is 32.0 Å². The summed E-state index contributed by atoms with van der Waals surface area (Å²) in [6.07, 6.45) is -4.67. The van der Waals surface area contributed by atoms with E-state index in [2.05, 4.69) is 14.9 Å². The molecule has 18 heavy (non-hydrogen) atoms. The molecule has 5 nitrogen and oxygen atoms in total. The van der Waals surface area contributed by atoms with Crippen LogP contribution in [0.25, 0.3) is 0 Å². The van der Waals surface area contributed by atoms with Gasteiger partial charge >= 0.3 is 12.1 Å². The minimum atomic E-state index is -4.30. The third-order valence-electron chi connectivity index (χ3n) is 2.93. The number of nitrogens with zero attached hydrogens (tertiary/aromatic N) is 3. The van der Waals surface area contributed by atoms with E-state index >= 15 is 0 Å². The van der Waals surface area contributed by atoms with Gasteiger partial charge in [-0.15, -0.1) is 10.2 Å². The highest BCUT2D eigenvalue weighted by Gasteiger charge is 2.34. The molecule has 0 bridgehead atoms. The van der Waals surface area contributed by atoms with Gasteiger partial charge in [-0.2, -0.15) is 13.2 Å². The molecule has 1 aliphatic rings. The van der Waals surface area contributed by atoms with E-state index in [9.17, 15) is 18.0 Å². The van der Waals surface area contributed by atoms with Crippen LogP contribution in [0.15, 0.2) is 0 Å². The van der Waals surface area contributed by atoms with Crippen molar-refractivity contribution in [3.63, 3.8) is 0 Å². The van der Waals surface area contributed by atoms with Crippen molar-refractivity contribution in [2.24, 2.45) is 5.92 Å². The van der Waals surface area contributed by atoms with Crippen molar-refractivity contribution >= 4 is 5.97 Å². The molecular formula is C10H12F3N3O2. The molecule has 2 rings (SSSR count). The van der Waals surface area contributed by atoms with Gasteiger partial charge in [-0.05, 0) is 6.42 Å². The molecule has 0 spiro atoms. The highest BCUT2D eigenvalue weighted by atomic mass is 19.4. The lowest BCUT2D eigenvalue weighted by atomic mass is 9.98. The molecular weight excluding hydrogens is 251 g/mol. The zero-order valence-corrected chi connectivity index (χ0v) is 9.70. The molecule has 0 N–H and O–H groups in total. The predicted molar refractivity (Wildman–Crippen MR) is 53.6 cm³/mol. The lowest BCUT2D eigenvalue weighted by Crippen LogP contribution is -2.28. The largest absolute Gasteiger partial charge is 0.469 e. The molecule has 8 heteroatoms. The fourth-order valence-corrected chi connectivity index (χ4v) is 2.07. The molecule has 1 aromatic rings. The van der Waals surface area contributed by atoms with Gasteiger partial charge in [-0.3, -0.25) is 4.79 Å². The van der Waals surface area contributed by atoms with Gasteiger partial charge in [0.05, 0.1) is 13.0 Å². The van der Waals surface area contributed by atoms with Crippen LogP contribution in [0.3, 0.4) is 0 Å². The number of hydrogen-bond donors (Lipinski definition) is 0. The predicted octanol–water partition coefficient (Wildman–Crippen LogP) is 1.12. The first kappa shape index (κ1) is 12.8. The summed E-state index contributed by atoms with van der Waals surface area (Å²) in [5.74, 6) is -0.385. The number of halogens is 3. The molecule has 0 saturated heterocycles. The van der Waals surface area contributed by atoms with Gasteiger partial charge in [-0.1, -0.05) is 0 Å². The van der Waals surface area contributed by atoms with Crippen molar-refractivity contribution in [1.82, 2.24) is 14.8 Å². The molecule has 0 aliphatic carbocycles. The van der Waals surface area contributed by atoms with Crippen molar-refractivity contribution in [3.05, 3.63) is 11.6 Å². The molecule has 0 saturated carbocycles. The van der Waals surface area contributed by atoms with Crippen LogP contribution in [0.4, 0.5) is 13.2 Å². The van der Waals surface area contributed by atoms with Crippen LogP contribution in [0.5, 0.6) is 0 Å². The molecule has 100 valence electrons. The van der Waals surface area contributed by atoms with E-state index in [0.29, 0.717) is 18.8 Å². The number of rotatable bonds is 2. The summed E-state index contributed by atoms with van der Waals surface area (Å²) in [5.41, 5.74) is 0. The van der Waals surface area contributed by atoms with Gasteiger partial charge in [0.2, 0.25) is 0 Å². The van der Waals surface area contributed by atoms with E-state index in [4.69, 9.17) is 0 Å². The Morgan fingerprint density at radius 3 is 2.83 bits per heavy atom. The monoisotopic (exact) mass is 263 g/mol. The molecule has 1 atom stereocenters. The lowest BCUT2D eigenvalue weighted by Gasteiger charge is -2.21. The van der Waals surface area contributed by atoms with E-state index in [1.54, 1.807) is 0 Å². The summed E-state index contributed by atoms with van der Waals surface area (Å²) >= 11 is 0. The summed E-state index contributed by atoms with van der Waals surface area (Å²) in [4.78, 5) is 11.4. The molecule has 0 unspecified atom stereocenters. The number of alkyl halides is 3. The number of carbonyl (C=O) groups is 1. The maximum absolute atomic E-state index is 12.3. The minimum absolute atomic E-state index is 0.0965. The van der Waals surface area contributed by atoms with Crippen molar-refractivity contribution in [1.29, 1.82) is 0 Å². The normalized spacial score (nSPS) is 19.4. The SMILES string of the molecule is COC(=O)[C@@H]1CCn2c(nnc2CC(F)(F)F)C1. The summed E-state index contributed by atoms with van der Waals surface area (Å²) in [6.45, 7) is 0.313. The number of ether oxygens (including phenoxy) is 1. The van der Waals surface area contributed by atoms with Gasteiger partial charge in [-0.25, -0.2) is 0 Å². The van der Waals surface area contributed by atoms with Crippen LogP contribution >= 0.6 is 0 Å². The number of carbonyl (C=O) groups excluding carboxylic acids is 1. The van der Waals surface area contributed by atoms with E-state index in [0.717, 1.165) is 0 Å². The molecule has 0 aromatic carbocycles. The Morgan fingerprint density at radius 2 is 2.22 bits per heavy atom. The maximum Gasteiger partial charge on any atom is 0.396 e. The van der Waals surface area contributed by atoms with Crippen LogP contribution in [0, 0.1) is 5.92 Å². The fraction of sp³-hybridized carbons (Fsp3) is 0.700. The average Bonchev–Trinajstić information content (AvgIpc) is 2.68. The Bertz CT molecular complexity index is 456. The van der Waals surface area contributed by atoms with E-state index in [1.807, 2.05) is 0 Å². The lowest BCUT2D eigenvalue weighted by molar-refractivity contribution is -0.146. The van der Waals surface area contributed by atoms with E-state index < -0.39 is 12.6 Å². The Hall–Kier alpha value is -1.60. The Balaban J connectivity index is 2.14. The van der Waals surface area contributed by atoms with Gasteiger partial charge in [0.25, 0.3) is 0 Å². The number of aromatic nitrogens is 3. The highest BCUT2D eigenvalue weighted by molar-refractivity contribution is 5.72. The summed E-state index contributed by atoms with van der Waals surface area (Å²) in [7, 11) is 1.29. The fourth-order valence-electron chi connectivity index (χ4n) is 2.07. The van der Waals surface area contributed by atoms with Crippen LogP contribution in [-0.4, -0.2) is 34.0 Å². The molecule has 0 fully saturated rings. The van der Waals surface area contributed by atoms with Gasteiger partial charge < -0.3 is 9.30 Å².